The summed E-state index contributed by atoms with van der Waals surface area (Å²) in [6.07, 6.45) is -2.37. The van der Waals surface area contributed by atoms with Gasteiger partial charge in [-0.05, 0) is 18.9 Å². The molecule has 0 radical (unpaired) electrons. The first-order chi connectivity index (χ1) is 10.5. The highest BCUT2D eigenvalue weighted by Gasteiger charge is 2.53. The summed E-state index contributed by atoms with van der Waals surface area (Å²) in [6.45, 7) is 2.01. The molecule has 0 bridgehead atoms. The first-order valence-corrected chi connectivity index (χ1v) is 7.59. The van der Waals surface area contributed by atoms with E-state index in [9.17, 15) is 15.0 Å². The lowest BCUT2D eigenvalue weighted by molar-refractivity contribution is -0.0744. The van der Waals surface area contributed by atoms with Gasteiger partial charge in [0, 0.05) is 19.1 Å². The van der Waals surface area contributed by atoms with Gasteiger partial charge in [0.15, 0.2) is 6.10 Å². The molecule has 6 atom stereocenters. The van der Waals surface area contributed by atoms with Gasteiger partial charge in [0.25, 0.3) is 0 Å². The summed E-state index contributed by atoms with van der Waals surface area (Å²) in [5.41, 5.74) is 1.10. The summed E-state index contributed by atoms with van der Waals surface area (Å²) in [6, 6.07) is 9.11. The third-order valence-corrected chi connectivity index (χ3v) is 4.71. The van der Waals surface area contributed by atoms with Crippen LogP contribution in [-0.4, -0.2) is 58.6 Å². The number of nitrogens with one attached hydrogen (secondary N) is 1. The molecule has 1 aromatic carbocycles. The fourth-order valence-corrected chi connectivity index (χ4v) is 3.45. The molecule has 3 N–H and O–H groups in total. The molecule has 1 saturated heterocycles. The monoisotopic (exact) mass is 306 g/mol. The number of aliphatic hydroxyl groups is 2. The smallest absolute Gasteiger partial charge is 0.410 e. The average molecular weight is 306 g/mol. The number of nitrogens with zero attached hydrogens (tertiary/aromatic N) is 1. The molecule has 2 fully saturated rings. The molecule has 22 heavy (non-hydrogen) atoms. The van der Waals surface area contributed by atoms with Gasteiger partial charge in [0.05, 0.1) is 6.10 Å². The summed E-state index contributed by atoms with van der Waals surface area (Å²) < 4.78 is 5.21. The molecule has 1 aliphatic heterocycles. The Balaban J connectivity index is 1.72. The number of benzene rings is 1. The van der Waals surface area contributed by atoms with E-state index in [1.807, 2.05) is 37.3 Å². The van der Waals surface area contributed by atoms with Crippen LogP contribution in [0.1, 0.15) is 24.9 Å². The number of aliphatic hydroxyl groups excluding tert-OH is 2. The molecule has 120 valence electrons. The molecule has 1 amide bonds. The molecule has 1 heterocycles. The molecular formula is C16H22N2O4. The molecule has 1 saturated carbocycles. The molecule has 3 rings (SSSR count). The normalized spacial score (nSPS) is 35.9. The van der Waals surface area contributed by atoms with E-state index in [1.54, 1.807) is 7.05 Å². The zero-order valence-electron chi connectivity index (χ0n) is 12.7. The molecule has 2 aliphatic rings. The summed E-state index contributed by atoms with van der Waals surface area (Å²) in [5.74, 6) is 0. The lowest BCUT2D eigenvalue weighted by Crippen LogP contribution is -2.61. The molecule has 6 heteroatoms. The standard InChI is InChI=1S/C16H22N2O4/c1-9(10-6-4-3-5-7-10)17-11-8-12(19)13-15(14(11)20)22-16(21)18(13)2/h3-7,9,11-15,17,19-20H,8H2,1-2H3/t9-,11+,12+,13-,14-,15-/m1/s1. The Bertz CT molecular complexity index is 538. The summed E-state index contributed by atoms with van der Waals surface area (Å²) in [7, 11) is 1.59. The third-order valence-electron chi connectivity index (χ3n) is 4.71. The zero-order chi connectivity index (χ0) is 15.9. The molecule has 1 aromatic rings. The van der Waals surface area contributed by atoms with Crippen LogP contribution in [0.15, 0.2) is 30.3 Å². The van der Waals surface area contributed by atoms with E-state index >= 15 is 0 Å². The number of carbonyl (C=O) groups excluding carboxylic acids is 1. The number of ether oxygens (including phenoxy) is 1. The Hall–Kier alpha value is -1.63. The predicted molar refractivity (Wildman–Crippen MR) is 80.2 cm³/mol. The number of amides is 1. The number of carbonyl (C=O) groups is 1. The van der Waals surface area contributed by atoms with Crippen LogP contribution in [0.4, 0.5) is 4.79 Å². The quantitative estimate of drug-likeness (QED) is 0.764. The van der Waals surface area contributed by atoms with Gasteiger partial charge in [-0.3, -0.25) is 0 Å². The average Bonchev–Trinajstić information content (AvgIpc) is 2.82. The van der Waals surface area contributed by atoms with Gasteiger partial charge >= 0.3 is 6.09 Å². The van der Waals surface area contributed by atoms with Crippen LogP contribution in [0.5, 0.6) is 0 Å². The van der Waals surface area contributed by atoms with E-state index in [-0.39, 0.29) is 12.1 Å². The molecule has 0 aromatic heterocycles. The van der Waals surface area contributed by atoms with Crippen molar-refractivity contribution in [3.05, 3.63) is 35.9 Å². The fourth-order valence-electron chi connectivity index (χ4n) is 3.45. The van der Waals surface area contributed by atoms with E-state index in [1.165, 1.54) is 4.90 Å². The number of rotatable bonds is 3. The first-order valence-electron chi connectivity index (χ1n) is 7.59. The second kappa shape index (κ2) is 5.87. The van der Waals surface area contributed by atoms with E-state index < -0.39 is 30.4 Å². The van der Waals surface area contributed by atoms with Crippen molar-refractivity contribution in [3.63, 3.8) is 0 Å². The van der Waals surface area contributed by atoms with Crippen molar-refractivity contribution < 1.29 is 19.7 Å². The second-order valence-corrected chi connectivity index (χ2v) is 6.15. The number of likely N-dealkylation sites (N-methyl/N-ethyl adjacent to an activating group) is 1. The summed E-state index contributed by atoms with van der Waals surface area (Å²) >= 11 is 0. The molecule has 6 nitrogen and oxygen atoms in total. The van der Waals surface area contributed by atoms with Gasteiger partial charge in [-0.1, -0.05) is 30.3 Å². The minimum absolute atomic E-state index is 0.0273. The van der Waals surface area contributed by atoms with Crippen molar-refractivity contribution in [2.45, 2.75) is 49.8 Å². The largest absolute Gasteiger partial charge is 0.441 e. The van der Waals surface area contributed by atoms with Crippen molar-refractivity contribution >= 4 is 6.09 Å². The number of hydrogen-bond donors (Lipinski definition) is 3. The van der Waals surface area contributed by atoms with Crippen LogP contribution < -0.4 is 5.32 Å². The van der Waals surface area contributed by atoms with Crippen molar-refractivity contribution in [1.29, 1.82) is 0 Å². The fraction of sp³-hybridized carbons (Fsp3) is 0.562. The van der Waals surface area contributed by atoms with Crippen LogP contribution >= 0.6 is 0 Å². The maximum Gasteiger partial charge on any atom is 0.410 e. The summed E-state index contributed by atoms with van der Waals surface area (Å²) in [5, 5.41) is 24.2. The highest BCUT2D eigenvalue weighted by Crippen LogP contribution is 2.32. The van der Waals surface area contributed by atoms with Crippen molar-refractivity contribution in [3.8, 4) is 0 Å². The third kappa shape index (κ3) is 2.58. The zero-order valence-corrected chi connectivity index (χ0v) is 12.7. The Morgan fingerprint density at radius 1 is 1.32 bits per heavy atom. The van der Waals surface area contributed by atoms with E-state index in [4.69, 9.17) is 4.74 Å². The van der Waals surface area contributed by atoms with Gasteiger partial charge in [-0.25, -0.2) is 4.79 Å². The Morgan fingerprint density at radius 3 is 2.68 bits per heavy atom. The molecule has 1 aliphatic carbocycles. The van der Waals surface area contributed by atoms with Crippen LogP contribution in [0.25, 0.3) is 0 Å². The lowest BCUT2D eigenvalue weighted by atomic mass is 9.83. The maximum atomic E-state index is 11.6. The lowest BCUT2D eigenvalue weighted by Gasteiger charge is -2.40. The van der Waals surface area contributed by atoms with Gasteiger partial charge in [-0.15, -0.1) is 0 Å². The highest BCUT2D eigenvalue weighted by atomic mass is 16.6. The number of hydrogen-bond acceptors (Lipinski definition) is 5. The van der Waals surface area contributed by atoms with Crippen LogP contribution in [0, 0.1) is 0 Å². The topological polar surface area (TPSA) is 82.0 Å². The first kappa shape index (κ1) is 15.3. The van der Waals surface area contributed by atoms with Crippen molar-refractivity contribution in [1.82, 2.24) is 10.2 Å². The van der Waals surface area contributed by atoms with E-state index in [0.29, 0.717) is 6.42 Å². The number of fused-ring (bicyclic) bond motifs is 1. The van der Waals surface area contributed by atoms with Gasteiger partial charge in [-0.2, -0.15) is 0 Å². The van der Waals surface area contributed by atoms with Crippen molar-refractivity contribution in [2.75, 3.05) is 7.05 Å². The summed E-state index contributed by atoms with van der Waals surface area (Å²) in [4.78, 5) is 13.0. The molecule has 0 unspecified atom stereocenters. The Morgan fingerprint density at radius 2 is 2.00 bits per heavy atom. The van der Waals surface area contributed by atoms with E-state index in [0.717, 1.165) is 5.56 Å². The van der Waals surface area contributed by atoms with Gasteiger partial charge in [0.1, 0.15) is 12.1 Å². The Labute approximate surface area is 129 Å². The van der Waals surface area contributed by atoms with Gasteiger partial charge in [0.2, 0.25) is 0 Å². The van der Waals surface area contributed by atoms with Gasteiger partial charge < -0.3 is 25.2 Å². The molecular weight excluding hydrogens is 284 g/mol. The van der Waals surface area contributed by atoms with Crippen LogP contribution in [0.2, 0.25) is 0 Å². The highest BCUT2D eigenvalue weighted by molar-refractivity contribution is 5.70. The minimum atomic E-state index is -0.839. The SMILES string of the molecule is C[C@@H](N[C@H]1C[C@H](O)[C@@H]2[C@@H](OC(=O)N2C)[C@@H]1O)c1ccccc1. The van der Waals surface area contributed by atoms with E-state index in [2.05, 4.69) is 5.32 Å². The van der Waals surface area contributed by atoms with Crippen molar-refractivity contribution in [2.24, 2.45) is 0 Å². The van der Waals surface area contributed by atoms with Crippen LogP contribution in [0.3, 0.4) is 0 Å². The maximum absolute atomic E-state index is 11.6. The molecule has 0 spiro atoms. The Kier molecular flexibility index (Phi) is 4.08. The van der Waals surface area contributed by atoms with Crippen LogP contribution in [-0.2, 0) is 4.74 Å². The second-order valence-electron chi connectivity index (χ2n) is 6.15. The predicted octanol–water partition coefficient (Wildman–Crippen LogP) is 0.650. The minimum Gasteiger partial charge on any atom is -0.441 e.